The zero-order valence-electron chi connectivity index (χ0n) is 13.0. The first-order chi connectivity index (χ1) is 9.72. The quantitative estimate of drug-likeness (QED) is 0.885. The third-order valence-electron chi connectivity index (χ3n) is 4.97. The molecular weight excluding hydrogens is 244 g/mol. The number of nitrogens with zero attached hydrogens (tertiary/aromatic N) is 1. The molecule has 1 aromatic carbocycles. The van der Waals surface area contributed by atoms with Crippen LogP contribution in [0.4, 0.5) is 0 Å². The van der Waals surface area contributed by atoms with Crippen molar-refractivity contribution in [3.05, 3.63) is 34.9 Å². The van der Waals surface area contributed by atoms with E-state index < -0.39 is 0 Å². The molecular formula is C18H28N2. The van der Waals surface area contributed by atoms with E-state index in [1.807, 2.05) is 0 Å². The minimum Gasteiger partial charge on any atom is -0.317 e. The molecule has 0 radical (unpaired) electrons. The maximum Gasteiger partial charge on any atom is 0.0236 e. The van der Waals surface area contributed by atoms with E-state index in [0.717, 1.165) is 18.5 Å². The summed E-state index contributed by atoms with van der Waals surface area (Å²) in [6, 6.07) is 7.85. The molecule has 2 nitrogen and oxygen atoms in total. The molecule has 1 N–H and O–H groups in total. The fourth-order valence-electron chi connectivity index (χ4n) is 3.31. The number of benzene rings is 1. The average Bonchev–Trinajstić information content (AvgIpc) is 3.28. The predicted molar refractivity (Wildman–Crippen MR) is 84.9 cm³/mol. The SMILES string of the molecule is Cc1ccc(CN(CC2CCNCC2)C2CC2)cc1C. The minimum atomic E-state index is 0.867. The summed E-state index contributed by atoms with van der Waals surface area (Å²) in [5.74, 6) is 0.906. The van der Waals surface area contributed by atoms with Gasteiger partial charge in [0, 0.05) is 19.1 Å². The number of nitrogens with one attached hydrogen (secondary N) is 1. The molecule has 2 heteroatoms. The van der Waals surface area contributed by atoms with Crippen LogP contribution in [0.3, 0.4) is 0 Å². The molecule has 1 heterocycles. The number of piperidine rings is 1. The van der Waals surface area contributed by atoms with Gasteiger partial charge >= 0.3 is 0 Å². The van der Waals surface area contributed by atoms with Crippen molar-refractivity contribution >= 4 is 0 Å². The van der Waals surface area contributed by atoms with Gasteiger partial charge in [0.2, 0.25) is 0 Å². The standard InChI is InChI=1S/C18H28N2/c1-14-3-4-17(11-15(14)2)13-20(18-5-6-18)12-16-7-9-19-10-8-16/h3-4,11,16,18-19H,5-10,12-13H2,1-2H3. The second-order valence-corrected chi connectivity index (χ2v) is 6.77. The smallest absolute Gasteiger partial charge is 0.0236 e. The number of rotatable bonds is 5. The van der Waals surface area contributed by atoms with Gasteiger partial charge in [-0.3, -0.25) is 4.90 Å². The highest BCUT2D eigenvalue weighted by molar-refractivity contribution is 5.30. The van der Waals surface area contributed by atoms with Gasteiger partial charge in [-0.05, 0) is 75.2 Å². The van der Waals surface area contributed by atoms with Crippen molar-refractivity contribution in [2.75, 3.05) is 19.6 Å². The highest BCUT2D eigenvalue weighted by atomic mass is 15.2. The summed E-state index contributed by atoms with van der Waals surface area (Å²) >= 11 is 0. The van der Waals surface area contributed by atoms with Gasteiger partial charge in [-0.1, -0.05) is 18.2 Å². The minimum absolute atomic E-state index is 0.867. The van der Waals surface area contributed by atoms with Crippen molar-refractivity contribution in [1.29, 1.82) is 0 Å². The summed E-state index contributed by atoms with van der Waals surface area (Å²) in [7, 11) is 0. The van der Waals surface area contributed by atoms with Crippen LogP contribution in [-0.2, 0) is 6.54 Å². The molecule has 1 aromatic rings. The third-order valence-corrected chi connectivity index (χ3v) is 4.97. The maximum absolute atomic E-state index is 3.48. The molecule has 110 valence electrons. The van der Waals surface area contributed by atoms with Crippen LogP contribution in [0.1, 0.15) is 42.4 Å². The molecule has 0 amide bonds. The molecule has 1 saturated carbocycles. The van der Waals surface area contributed by atoms with Gasteiger partial charge < -0.3 is 5.32 Å². The summed E-state index contributed by atoms with van der Waals surface area (Å²) in [4.78, 5) is 2.75. The van der Waals surface area contributed by atoms with Crippen molar-refractivity contribution in [3.63, 3.8) is 0 Å². The second kappa shape index (κ2) is 6.28. The lowest BCUT2D eigenvalue weighted by Crippen LogP contribution is -2.37. The lowest BCUT2D eigenvalue weighted by molar-refractivity contribution is 0.190. The monoisotopic (exact) mass is 272 g/mol. The average molecular weight is 272 g/mol. The van der Waals surface area contributed by atoms with Crippen LogP contribution >= 0.6 is 0 Å². The Labute approximate surface area is 123 Å². The first-order valence-corrected chi connectivity index (χ1v) is 8.23. The number of hydrogen-bond donors (Lipinski definition) is 1. The molecule has 1 aliphatic carbocycles. The van der Waals surface area contributed by atoms with Crippen molar-refractivity contribution in [2.24, 2.45) is 5.92 Å². The van der Waals surface area contributed by atoms with Gasteiger partial charge in [0.15, 0.2) is 0 Å². The molecule has 0 atom stereocenters. The van der Waals surface area contributed by atoms with E-state index in [-0.39, 0.29) is 0 Å². The molecule has 0 unspecified atom stereocenters. The molecule has 2 fully saturated rings. The van der Waals surface area contributed by atoms with E-state index in [9.17, 15) is 0 Å². The Morgan fingerprint density at radius 1 is 1.05 bits per heavy atom. The van der Waals surface area contributed by atoms with Crippen LogP contribution in [0.25, 0.3) is 0 Å². The topological polar surface area (TPSA) is 15.3 Å². The second-order valence-electron chi connectivity index (χ2n) is 6.77. The number of hydrogen-bond acceptors (Lipinski definition) is 2. The molecule has 0 spiro atoms. The molecule has 2 aliphatic rings. The molecule has 0 bridgehead atoms. The lowest BCUT2D eigenvalue weighted by Gasteiger charge is -2.30. The zero-order chi connectivity index (χ0) is 13.9. The Morgan fingerprint density at radius 3 is 2.45 bits per heavy atom. The molecule has 3 rings (SSSR count). The fraction of sp³-hybridized carbons (Fsp3) is 0.667. The third kappa shape index (κ3) is 3.62. The van der Waals surface area contributed by atoms with Gasteiger partial charge in [0.1, 0.15) is 0 Å². The fourth-order valence-corrected chi connectivity index (χ4v) is 3.31. The molecule has 1 saturated heterocycles. The maximum atomic E-state index is 3.48. The Balaban J connectivity index is 1.62. The van der Waals surface area contributed by atoms with Crippen molar-refractivity contribution in [1.82, 2.24) is 10.2 Å². The zero-order valence-corrected chi connectivity index (χ0v) is 13.0. The molecule has 20 heavy (non-hydrogen) atoms. The van der Waals surface area contributed by atoms with Crippen molar-refractivity contribution in [2.45, 2.75) is 52.1 Å². The van der Waals surface area contributed by atoms with Crippen molar-refractivity contribution in [3.8, 4) is 0 Å². The largest absolute Gasteiger partial charge is 0.317 e. The van der Waals surface area contributed by atoms with Gasteiger partial charge in [-0.2, -0.15) is 0 Å². The summed E-state index contributed by atoms with van der Waals surface area (Å²) in [6.07, 6.45) is 5.54. The van der Waals surface area contributed by atoms with Crippen LogP contribution < -0.4 is 5.32 Å². The lowest BCUT2D eigenvalue weighted by atomic mass is 9.97. The summed E-state index contributed by atoms with van der Waals surface area (Å²) in [5.41, 5.74) is 4.33. The van der Waals surface area contributed by atoms with E-state index in [2.05, 4.69) is 42.3 Å². The predicted octanol–water partition coefficient (Wildman–Crippen LogP) is 3.27. The van der Waals surface area contributed by atoms with Crippen LogP contribution in [0, 0.1) is 19.8 Å². The molecule has 0 aromatic heterocycles. The molecule has 1 aliphatic heterocycles. The van der Waals surface area contributed by atoms with Crippen LogP contribution in [0.15, 0.2) is 18.2 Å². The normalized spacial score (nSPS) is 20.6. The Bertz CT molecular complexity index is 445. The first kappa shape index (κ1) is 14.1. The highest BCUT2D eigenvalue weighted by Crippen LogP contribution is 2.30. The van der Waals surface area contributed by atoms with Gasteiger partial charge in [0.05, 0.1) is 0 Å². The van der Waals surface area contributed by atoms with Crippen LogP contribution in [0.2, 0.25) is 0 Å². The van der Waals surface area contributed by atoms with Crippen molar-refractivity contribution < 1.29 is 0 Å². The van der Waals surface area contributed by atoms with E-state index >= 15 is 0 Å². The van der Waals surface area contributed by atoms with Crippen LogP contribution in [-0.4, -0.2) is 30.6 Å². The van der Waals surface area contributed by atoms with E-state index in [0.29, 0.717) is 0 Å². The van der Waals surface area contributed by atoms with E-state index in [4.69, 9.17) is 0 Å². The Kier molecular flexibility index (Phi) is 4.42. The van der Waals surface area contributed by atoms with E-state index in [1.165, 1.54) is 62.0 Å². The van der Waals surface area contributed by atoms with Crippen LogP contribution in [0.5, 0.6) is 0 Å². The van der Waals surface area contributed by atoms with Gasteiger partial charge in [-0.15, -0.1) is 0 Å². The summed E-state index contributed by atoms with van der Waals surface area (Å²) in [5, 5.41) is 3.48. The van der Waals surface area contributed by atoms with E-state index in [1.54, 1.807) is 0 Å². The summed E-state index contributed by atoms with van der Waals surface area (Å²) in [6.45, 7) is 9.31. The Hall–Kier alpha value is -0.860. The summed E-state index contributed by atoms with van der Waals surface area (Å²) < 4.78 is 0. The van der Waals surface area contributed by atoms with Gasteiger partial charge in [-0.25, -0.2) is 0 Å². The first-order valence-electron chi connectivity index (χ1n) is 8.23. The highest BCUT2D eigenvalue weighted by Gasteiger charge is 2.30. The Morgan fingerprint density at radius 2 is 1.80 bits per heavy atom. The van der Waals surface area contributed by atoms with Gasteiger partial charge in [0.25, 0.3) is 0 Å². The number of aryl methyl sites for hydroxylation is 2.